The van der Waals surface area contributed by atoms with E-state index in [4.69, 9.17) is 9.47 Å². The lowest BCUT2D eigenvalue weighted by Gasteiger charge is -2.36. The summed E-state index contributed by atoms with van der Waals surface area (Å²) < 4.78 is 106. The summed E-state index contributed by atoms with van der Waals surface area (Å²) in [5, 5.41) is -3.68. The van der Waals surface area contributed by atoms with Crippen molar-refractivity contribution in [3.63, 3.8) is 0 Å². The molecular weight excluding hydrogens is 429 g/mol. The molecule has 1 saturated heterocycles. The van der Waals surface area contributed by atoms with Gasteiger partial charge in [0.05, 0.1) is 13.2 Å². The molecule has 1 heterocycles. The van der Waals surface area contributed by atoms with E-state index in [-0.39, 0.29) is 18.9 Å². The Hall–Kier alpha value is -1.83. The number of nitrogens with one attached hydrogen (secondary N) is 1. The van der Waals surface area contributed by atoms with Gasteiger partial charge in [0.2, 0.25) is 0 Å². The topological polar surface area (TPSA) is 90.9 Å². The van der Waals surface area contributed by atoms with Crippen molar-refractivity contribution in [2.75, 3.05) is 18.5 Å². The minimum absolute atomic E-state index is 0.0312. The van der Waals surface area contributed by atoms with Crippen LogP contribution in [0.25, 0.3) is 0 Å². The van der Waals surface area contributed by atoms with Gasteiger partial charge in [0.25, 0.3) is 0 Å². The van der Waals surface area contributed by atoms with Gasteiger partial charge in [0, 0.05) is 12.1 Å². The molecule has 0 radical (unpaired) electrons. The van der Waals surface area contributed by atoms with Crippen LogP contribution >= 0.6 is 0 Å². The van der Waals surface area contributed by atoms with Crippen LogP contribution in [0.4, 0.5) is 27.6 Å². The third-order valence-corrected chi connectivity index (χ3v) is 5.18. The van der Waals surface area contributed by atoms with Crippen LogP contribution in [0.2, 0.25) is 0 Å². The molecule has 0 bridgehead atoms. The van der Waals surface area contributed by atoms with E-state index in [2.05, 4.69) is 4.18 Å². The summed E-state index contributed by atoms with van der Waals surface area (Å²) in [6, 6.07) is 6.58. The van der Waals surface area contributed by atoms with Crippen molar-refractivity contribution in [3.8, 4) is 0 Å². The molecule has 1 N–H and O–H groups in total. The molecular formula is C16H18F5NO6S. The van der Waals surface area contributed by atoms with Crippen LogP contribution in [0.3, 0.4) is 0 Å². The predicted octanol–water partition coefficient (Wildman–Crippen LogP) is 3.04. The maximum absolute atomic E-state index is 14.1. The maximum Gasteiger partial charge on any atom is 0.447 e. The van der Waals surface area contributed by atoms with Gasteiger partial charge in [-0.1, -0.05) is 18.2 Å². The number of hydrogen-bond donors (Lipinski definition) is 1. The van der Waals surface area contributed by atoms with Gasteiger partial charge in [0.1, 0.15) is 0 Å². The van der Waals surface area contributed by atoms with Crippen LogP contribution in [0.1, 0.15) is 19.8 Å². The van der Waals surface area contributed by atoms with Crippen LogP contribution in [0.5, 0.6) is 0 Å². The zero-order chi connectivity index (χ0) is 21.9. The maximum atomic E-state index is 14.1. The molecule has 1 aliphatic rings. The lowest BCUT2D eigenvalue weighted by molar-refractivity contribution is -0.288. The highest BCUT2D eigenvalue weighted by Crippen LogP contribution is 2.37. The van der Waals surface area contributed by atoms with Crippen LogP contribution < -0.4 is 5.32 Å². The Labute approximate surface area is 163 Å². The summed E-state index contributed by atoms with van der Waals surface area (Å²) in [5.74, 6) is -4.25. The van der Waals surface area contributed by atoms with E-state index < -0.39 is 45.8 Å². The van der Waals surface area contributed by atoms with E-state index in [9.17, 15) is 35.2 Å². The average molecular weight is 447 g/mol. The third kappa shape index (κ3) is 5.84. The third-order valence-electron chi connectivity index (χ3n) is 3.88. The number of benzene rings is 1. The first-order valence-corrected chi connectivity index (χ1v) is 9.69. The number of amides is 1. The SMILES string of the molecule is CC1(CC(OS(=O)(=O)C(F)(F)C(=O)Nc2ccccc2)C(F)(F)F)OCCCO1. The molecule has 1 aromatic carbocycles. The molecule has 29 heavy (non-hydrogen) atoms. The molecule has 1 unspecified atom stereocenters. The number of halogens is 5. The Morgan fingerprint density at radius 3 is 2.24 bits per heavy atom. The molecule has 0 saturated carbocycles. The van der Waals surface area contributed by atoms with E-state index in [0.717, 1.165) is 6.92 Å². The van der Waals surface area contributed by atoms with Crippen LogP contribution in [-0.2, 0) is 28.6 Å². The number of rotatable bonds is 7. The molecule has 13 heteroatoms. The Balaban J connectivity index is 2.20. The molecule has 1 amide bonds. The van der Waals surface area contributed by atoms with Gasteiger partial charge in [-0.25, -0.2) is 0 Å². The number of anilines is 1. The highest BCUT2D eigenvalue weighted by atomic mass is 32.2. The fourth-order valence-corrected chi connectivity index (χ4v) is 3.27. The number of carbonyl (C=O) groups excluding carboxylic acids is 1. The Morgan fingerprint density at radius 2 is 1.72 bits per heavy atom. The van der Waals surface area contributed by atoms with Crippen LogP contribution in [0.15, 0.2) is 30.3 Å². The second kappa shape index (κ2) is 8.50. The lowest BCUT2D eigenvalue weighted by Crippen LogP contribution is -2.50. The standard InChI is InChI=1S/C16H18F5NO6S/c1-14(26-8-5-9-27-14)10-12(15(17,18)19)28-29(24,25)16(20,21)13(23)22-11-6-3-2-4-7-11/h2-4,6-7,12H,5,8-10H2,1H3,(H,22,23). The van der Waals surface area contributed by atoms with Gasteiger partial charge in [-0.15, -0.1) is 0 Å². The highest BCUT2D eigenvalue weighted by Gasteiger charge is 2.58. The molecule has 7 nitrogen and oxygen atoms in total. The van der Waals surface area contributed by atoms with Crippen molar-refractivity contribution in [3.05, 3.63) is 30.3 Å². The number of carbonyl (C=O) groups is 1. The van der Waals surface area contributed by atoms with Gasteiger partial charge in [0.15, 0.2) is 11.9 Å². The van der Waals surface area contributed by atoms with E-state index in [1.54, 1.807) is 5.32 Å². The smallest absolute Gasteiger partial charge is 0.350 e. The van der Waals surface area contributed by atoms with E-state index in [1.807, 2.05) is 0 Å². The summed E-state index contributed by atoms with van der Waals surface area (Å²) in [6.07, 6.45) is -9.41. The van der Waals surface area contributed by atoms with E-state index in [1.165, 1.54) is 30.3 Å². The summed E-state index contributed by atoms with van der Waals surface area (Å²) in [5.41, 5.74) is -0.184. The van der Waals surface area contributed by atoms with E-state index >= 15 is 0 Å². The van der Waals surface area contributed by atoms with Crippen molar-refractivity contribution in [1.82, 2.24) is 0 Å². The predicted molar refractivity (Wildman–Crippen MR) is 89.4 cm³/mol. The zero-order valence-electron chi connectivity index (χ0n) is 15.0. The van der Waals surface area contributed by atoms with Crippen molar-refractivity contribution in [2.45, 2.75) is 43.1 Å². The molecule has 1 aromatic rings. The van der Waals surface area contributed by atoms with Gasteiger partial charge < -0.3 is 14.8 Å². The van der Waals surface area contributed by atoms with Crippen molar-refractivity contribution >= 4 is 21.7 Å². The first kappa shape index (κ1) is 23.4. The number of hydrogen-bond acceptors (Lipinski definition) is 6. The zero-order valence-corrected chi connectivity index (χ0v) is 15.9. The van der Waals surface area contributed by atoms with Gasteiger partial charge >= 0.3 is 27.5 Å². The normalized spacial score (nSPS) is 18.8. The Bertz CT molecular complexity index is 809. The summed E-state index contributed by atoms with van der Waals surface area (Å²) in [7, 11) is -6.32. The molecule has 0 aliphatic carbocycles. The largest absolute Gasteiger partial charge is 0.447 e. The molecule has 0 spiro atoms. The Morgan fingerprint density at radius 1 is 1.17 bits per heavy atom. The first-order chi connectivity index (χ1) is 13.3. The Kier molecular flexibility index (Phi) is 6.87. The molecule has 0 aromatic heterocycles. The monoisotopic (exact) mass is 447 g/mol. The van der Waals surface area contributed by atoms with Crippen molar-refractivity contribution in [1.29, 1.82) is 0 Å². The quantitative estimate of drug-likeness (QED) is 0.511. The number of para-hydroxylation sites is 1. The fraction of sp³-hybridized carbons (Fsp3) is 0.562. The van der Waals surface area contributed by atoms with Crippen LogP contribution in [0, 0.1) is 0 Å². The minimum atomic E-state index is -6.32. The molecule has 2 rings (SSSR count). The lowest BCUT2D eigenvalue weighted by atomic mass is 10.1. The first-order valence-electron chi connectivity index (χ1n) is 8.29. The second-order valence-corrected chi connectivity index (χ2v) is 7.92. The number of ether oxygens (including phenoxy) is 2. The van der Waals surface area contributed by atoms with Gasteiger partial charge in [-0.05, 0) is 25.5 Å². The summed E-state index contributed by atoms with van der Waals surface area (Å²) in [4.78, 5) is 11.7. The summed E-state index contributed by atoms with van der Waals surface area (Å²) in [6.45, 7) is 1.16. The van der Waals surface area contributed by atoms with E-state index in [0.29, 0.717) is 6.42 Å². The molecule has 164 valence electrons. The van der Waals surface area contributed by atoms with Crippen molar-refractivity contribution in [2.24, 2.45) is 0 Å². The van der Waals surface area contributed by atoms with Crippen molar-refractivity contribution < 1.29 is 48.8 Å². The second-order valence-electron chi connectivity index (χ2n) is 6.31. The molecule has 1 atom stereocenters. The fourth-order valence-electron chi connectivity index (χ4n) is 2.39. The molecule has 1 aliphatic heterocycles. The average Bonchev–Trinajstić information content (AvgIpc) is 2.61. The van der Waals surface area contributed by atoms with Gasteiger partial charge in [-0.2, -0.15) is 30.4 Å². The van der Waals surface area contributed by atoms with Gasteiger partial charge in [-0.3, -0.25) is 8.98 Å². The highest BCUT2D eigenvalue weighted by molar-refractivity contribution is 7.88. The minimum Gasteiger partial charge on any atom is -0.350 e. The molecule has 1 fully saturated rings. The summed E-state index contributed by atoms with van der Waals surface area (Å²) >= 11 is 0. The van der Waals surface area contributed by atoms with Crippen LogP contribution in [-0.4, -0.2) is 50.9 Å². The number of alkyl halides is 5.